The quantitative estimate of drug-likeness (QED) is 0.744. The molecule has 1 aromatic carbocycles. The molecule has 1 aliphatic rings. The van der Waals surface area contributed by atoms with Crippen LogP contribution in [-0.2, 0) is 6.54 Å². The maximum atomic E-state index is 4.68. The van der Waals surface area contributed by atoms with Crippen molar-refractivity contribution in [3.63, 3.8) is 0 Å². The highest BCUT2D eigenvalue weighted by atomic mass is 32.1. The van der Waals surface area contributed by atoms with Gasteiger partial charge in [0.15, 0.2) is 0 Å². The van der Waals surface area contributed by atoms with E-state index in [1.54, 1.807) is 11.3 Å². The van der Waals surface area contributed by atoms with Crippen LogP contribution in [-0.4, -0.2) is 41.0 Å². The average molecular weight is 310 g/mol. The topological polar surface area (TPSA) is 32.3 Å². The lowest BCUT2D eigenvalue weighted by atomic mass is 10.2. The fourth-order valence-electron chi connectivity index (χ4n) is 2.88. The minimum atomic E-state index is 0.934. The summed E-state index contributed by atoms with van der Waals surface area (Å²) in [6.45, 7) is 5.25. The fourth-order valence-corrected chi connectivity index (χ4v) is 3.82. The second-order valence-corrected chi connectivity index (χ2v) is 6.60. The van der Waals surface area contributed by atoms with Crippen LogP contribution < -0.4 is 4.90 Å². The molecule has 0 aliphatic carbocycles. The second-order valence-electron chi connectivity index (χ2n) is 5.53. The first-order chi connectivity index (χ1) is 10.9. The van der Waals surface area contributed by atoms with E-state index in [0.717, 1.165) is 43.1 Å². The van der Waals surface area contributed by atoms with E-state index in [1.807, 2.05) is 18.3 Å². The molecule has 1 aliphatic heterocycles. The molecule has 0 bridgehead atoms. The Kier molecular flexibility index (Phi) is 3.74. The summed E-state index contributed by atoms with van der Waals surface area (Å²) in [5, 5.41) is 1.17. The van der Waals surface area contributed by atoms with Gasteiger partial charge in [-0.15, -0.1) is 0 Å². The van der Waals surface area contributed by atoms with Crippen LogP contribution in [0.3, 0.4) is 0 Å². The predicted molar refractivity (Wildman–Crippen MR) is 91.3 cm³/mol. The van der Waals surface area contributed by atoms with Crippen molar-refractivity contribution in [1.29, 1.82) is 0 Å². The van der Waals surface area contributed by atoms with Crippen LogP contribution in [0.1, 0.15) is 5.01 Å². The van der Waals surface area contributed by atoms with Crippen molar-refractivity contribution in [3.05, 3.63) is 53.7 Å². The number of hydrogen-bond donors (Lipinski definition) is 0. The molecule has 0 spiro atoms. The molecule has 112 valence electrons. The van der Waals surface area contributed by atoms with E-state index >= 15 is 0 Å². The molecule has 0 N–H and O–H groups in total. The smallest absolute Gasteiger partial charge is 0.143 e. The Labute approximate surface area is 134 Å². The maximum Gasteiger partial charge on any atom is 0.143 e. The van der Waals surface area contributed by atoms with Crippen LogP contribution in [0, 0.1) is 0 Å². The molecule has 0 radical (unpaired) electrons. The molecule has 3 aromatic rings. The third kappa shape index (κ3) is 2.82. The minimum absolute atomic E-state index is 0.934. The minimum Gasteiger partial charge on any atom is -0.369 e. The molecule has 0 unspecified atom stereocenters. The van der Waals surface area contributed by atoms with E-state index in [9.17, 15) is 0 Å². The lowest BCUT2D eigenvalue weighted by Crippen LogP contribution is -2.45. The first-order valence-electron chi connectivity index (χ1n) is 7.61. The summed E-state index contributed by atoms with van der Waals surface area (Å²) in [4.78, 5) is 15.0. The lowest BCUT2D eigenvalue weighted by molar-refractivity contribution is 0.249. The molecular formula is C17H18N4S. The molecule has 0 amide bonds. The number of benzene rings is 1. The zero-order valence-corrected chi connectivity index (χ0v) is 13.2. The van der Waals surface area contributed by atoms with Crippen molar-refractivity contribution in [2.75, 3.05) is 31.1 Å². The van der Waals surface area contributed by atoms with Gasteiger partial charge in [-0.2, -0.15) is 0 Å². The van der Waals surface area contributed by atoms with Gasteiger partial charge in [0.05, 0.1) is 6.54 Å². The van der Waals surface area contributed by atoms with Crippen molar-refractivity contribution in [3.8, 4) is 0 Å². The molecule has 4 rings (SSSR count). The van der Waals surface area contributed by atoms with Crippen molar-refractivity contribution >= 4 is 27.4 Å². The maximum absolute atomic E-state index is 4.68. The zero-order chi connectivity index (χ0) is 14.8. The number of hydrogen-bond acceptors (Lipinski definition) is 5. The summed E-state index contributed by atoms with van der Waals surface area (Å²) in [5.74, 6) is 0. The molecule has 0 atom stereocenters. The molecule has 2 aromatic heterocycles. The number of rotatable bonds is 3. The van der Waals surface area contributed by atoms with E-state index in [1.165, 1.54) is 10.7 Å². The second kappa shape index (κ2) is 6.02. The Bertz CT molecular complexity index is 714. The van der Waals surface area contributed by atoms with Gasteiger partial charge in [-0.1, -0.05) is 29.5 Å². The van der Waals surface area contributed by atoms with Crippen LogP contribution in [0.25, 0.3) is 10.3 Å². The van der Waals surface area contributed by atoms with Crippen molar-refractivity contribution in [1.82, 2.24) is 14.9 Å². The van der Waals surface area contributed by atoms with Gasteiger partial charge in [0.2, 0.25) is 0 Å². The number of para-hydroxylation sites is 1. The number of anilines is 1. The highest BCUT2D eigenvalue weighted by molar-refractivity contribution is 7.18. The van der Waals surface area contributed by atoms with E-state index in [4.69, 9.17) is 0 Å². The van der Waals surface area contributed by atoms with E-state index in [2.05, 4.69) is 50.1 Å². The number of piperazine rings is 1. The molecular weight excluding hydrogens is 292 g/mol. The van der Waals surface area contributed by atoms with Crippen LogP contribution in [0.2, 0.25) is 0 Å². The summed E-state index contributed by atoms with van der Waals surface area (Å²) < 4.78 is 0. The molecule has 1 saturated heterocycles. The molecule has 5 heteroatoms. The van der Waals surface area contributed by atoms with Crippen molar-refractivity contribution in [2.24, 2.45) is 0 Å². The van der Waals surface area contributed by atoms with Gasteiger partial charge in [-0.3, -0.25) is 4.90 Å². The third-order valence-corrected chi connectivity index (χ3v) is 5.03. The van der Waals surface area contributed by atoms with E-state index < -0.39 is 0 Å². The number of fused-ring (bicyclic) bond motifs is 1. The Morgan fingerprint density at radius 3 is 2.55 bits per heavy atom. The Balaban J connectivity index is 1.39. The summed E-state index contributed by atoms with van der Waals surface area (Å²) in [7, 11) is 0. The normalized spacial score (nSPS) is 16.3. The Morgan fingerprint density at radius 2 is 1.77 bits per heavy atom. The van der Waals surface area contributed by atoms with Crippen molar-refractivity contribution < 1.29 is 0 Å². The van der Waals surface area contributed by atoms with Crippen LogP contribution in [0.15, 0.2) is 48.7 Å². The lowest BCUT2D eigenvalue weighted by Gasteiger charge is -2.35. The van der Waals surface area contributed by atoms with Gasteiger partial charge < -0.3 is 4.90 Å². The van der Waals surface area contributed by atoms with Gasteiger partial charge in [-0.25, -0.2) is 9.97 Å². The SMILES string of the molecule is c1ccc(N2CCN(Cc3nc4cccnc4s3)CC2)cc1. The molecule has 4 nitrogen and oxygen atoms in total. The summed E-state index contributed by atoms with van der Waals surface area (Å²) in [5.41, 5.74) is 2.34. The van der Waals surface area contributed by atoms with Gasteiger partial charge in [0.1, 0.15) is 15.4 Å². The highest BCUT2D eigenvalue weighted by Crippen LogP contribution is 2.22. The van der Waals surface area contributed by atoms with Crippen LogP contribution >= 0.6 is 11.3 Å². The fraction of sp³-hybridized carbons (Fsp3) is 0.294. The molecule has 0 saturated carbocycles. The Morgan fingerprint density at radius 1 is 0.955 bits per heavy atom. The number of pyridine rings is 1. The van der Waals surface area contributed by atoms with E-state index in [-0.39, 0.29) is 0 Å². The zero-order valence-electron chi connectivity index (χ0n) is 12.4. The molecule has 22 heavy (non-hydrogen) atoms. The summed E-state index contributed by atoms with van der Waals surface area (Å²) in [6, 6.07) is 14.6. The predicted octanol–water partition coefficient (Wildman–Crippen LogP) is 3.01. The first kappa shape index (κ1) is 13.7. The van der Waals surface area contributed by atoms with E-state index in [0.29, 0.717) is 0 Å². The van der Waals surface area contributed by atoms with Gasteiger partial charge in [0.25, 0.3) is 0 Å². The average Bonchev–Trinajstić information content (AvgIpc) is 2.98. The van der Waals surface area contributed by atoms with Crippen LogP contribution in [0.5, 0.6) is 0 Å². The third-order valence-electron chi connectivity index (χ3n) is 4.06. The standard InChI is InChI=1S/C17H18N4S/c1-2-5-14(6-3-1)21-11-9-20(10-12-21)13-16-19-15-7-4-8-18-17(15)22-16/h1-8H,9-13H2. The Hall–Kier alpha value is -1.98. The number of nitrogens with zero attached hydrogens (tertiary/aromatic N) is 4. The molecule has 1 fully saturated rings. The highest BCUT2D eigenvalue weighted by Gasteiger charge is 2.18. The number of thiazole rings is 1. The van der Waals surface area contributed by atoms with Gasteiger partial charge in [0, 0.05) is 38.1 Å². The summed E-state index contributed by atoms with van der Waals surface area (Å²) >= 11 is 1.71. The largest absolute Gasteiger partial charge is 0.369 e. The summed E-state index contributed by atoms with van der Waals surface area (Å²) in [6.07, 6.45) is 1.84. The van der Waals surface area contributed by atoms with Gasteiger partial charge >= 0.3 is 0 Å². The first-order valence-corrected chi connectivity index (χ1v) is 8.43. The number of aromatic nitrogens is 2. The molecule has 3 heterocycles. The van der Waals surface area contributed by atoms with Crippen LogP contribution in [0.4, 0.5) is 5.69 Å². The van der Waals surface area contributed by atoms with Gasteiger partial charge in [-0.05, 0) is 24.3 Å². The monoisotopic (exact) mass is 310 g/mol. The van der Waals surface area contributed by atoms with Crippen molar-refractivity contribution in [2.45, 2.75) is 6.54 Å².